The van der Waals surface area contributed by atoms with E-state index in [0.717, 1.165) is 5.69 Å². The van der Waals surface area contributed by atoms with Crippen molar-refractivity contribution in [1.82, 2.24) is 15.0 Å². The fraction of sp³-hybridized carbons (Fsp3) is 0.100. The van der Waals surface area contributed by atoms with Crippen molar-refractivity contribution >= 4 is 23.1 Å². The highest BCUT2D eigenvalue weighted by molar-refractivity contribution is 6.33. The van der Waals surface area contributed by atoms with Gasteiger partial charge >= 0.3 is 0 Å². The second-order valence-electron chi connectivity index (χ2n) is 3.15. The number of nitrogens with one attached hydrogen (secondary N) is 1. The highest BCUT2D eigenvalue weighted by atomic mass is 35.5. The van der Waals surface area contributed by atoms with Gasteiger partial charge in [-0.2, -0.15) is 0 Å². The van der Waals surface area contributed by atoms with Gasteiger partial charge in [0.05, 0.1) is 29.1 Å². The molecular formula is C10H10ClN5. The van der Waals surface area contributed by atoms with Gasteiger partial charge in [0.2, 0.25) is 0 Å². The second-order valence-corrected chi connectivity index (χ2v) is 3.56. The van der Waals surface area contributed by atoms with Gasteiger partial charge in [-0.25, -0.2) is 15.0 Å². The molecule has 0 saturated heterocycles. The maximum atomic E-state index is 5.96. The molecule has 2 aromatic heterocycles. The fourth-order valence-corrected chi connectivity index (χ4v) is 1.42. The minimum Gasteiger partial charge on any atom is -0.397 e. The molecule has 0 aliphatic rings. The summed E-state index contributed by atoms with van der Waals surface area (Å²) in [6.07, 6.45) is 4.73. The average Bonchev–Trinajstić information content (AvgIpc) is 2.29. The molecule has 0 aromatic carbocycles. The maximum Gasteiger partial charge on any atom is 0.145 e. The van der Waals surface area contributed by atoms with Gasteiger partial charge in [0, 0.05) is 6.20 Å². The van der Waals surface area contributed by atoms with E-state index in [4.69, 9.17) is 17.3 Å². The average molecular weight is 236 g/mol. The molecule has 16 heavy (non-hydrogen) atoms. The summed E-state index contributed by atoms with van der Waals surface area (Å²) in [6.45, 7) is 0.541. The van der Waals surface area contributed by atoms with Gasteiger partial charge in [-0.05, 0) is 12.1 Å². The normalized spacial score (nSPS) is 10.1. The smallest absolute Gasteiger partial charge is 0.145 e. The Morgan fingerprint density at radius 2 is 2.25 bits per heavy atom. The van der Waals surface area contributed by atoms with E-state index in [2.05, 4.69) is 20.3 Å². The molecule has 0 amide bonds. The summed E-state index contributed by atoms with van der Waals surface area (Å²) in [5, 5.41) is 3.56. The number of nitrogens with two attached hydrogens (primary N) is 1. The first-order valence-corrected chi connectivity index (χ1v) is 5.03. The third-order valence-corrected chi connectivity index (χ3v) is 2.23. The standard InChI is InChI=1S/C10H10ClN5/c11-9-3-7(12)4-14-10(9)15-5-8-1-2-13-6-16-8/h1-4,6H,5,12H2,(H,14,15). The summed E-state index contributed by atoms with van der Waals surface area (Å²) in [5.74, 6) is 0.592. The van der Waals surface area contributed by atoms with Crippen LogP contribution >= 0.6 is 11.6 Å². The number of nitrogens with zero attached hydrogens (tertiary/aromatic N) is 3. The van der Waals surface area contributed by atoms with Crippen molar-refractivity contribution in [2.24, 2.45) is 0 Å². The maximum absolute atomic E-state index is 5.96. The Morgan fingerprint density at radius 1 is 1.38 bits per heavy atom. The zero-order valence-corrected chi connectivity index (χ0v) is 9.15. The lowest BCUT2D eigenvalue weighted by atomic mass is 10.4. The first-order valence-electron chi connectivity index (χ1n) is 4.65. The van der Waals surface area contributed by atoms with Gasteiger partial charge in [0.15, 0.2) is 0 Å². The molecule has 82 valence electrons. The molecule has 0 radical (unpaired) electrons. The van der Waals surface area contributed by atoms with Gasteiger partial charge in [0.1, 0.15) is 12.1 Å². The predicted octanol–water partition coefficient (Wildman–Crippen LogP) is 1.72. The van der Waals surface area contributed by atoms with Crippen molar-refractivity contribution in [2.75, 3.05) is 11.1 Å². The van der Waals surface area contributed by atoms with Crippen LogP contribution < -0.4 is 11.1 Å². The number of anilines is 2. The highest BCUT2D eigenvalue weighted by Gasteiger charge is 2.02. The zero-order chi connectivity index (χ0) is 11.4. The minimum atomic E-state index is 0.494. The van der Waals surface area contributed by atoms with E-state index < -0.39 is 0 Å². The highest BCUT2D eigenvalue weighted by Crippen LogP contribution is 2.21. The van der Waals surface area contributed by atoms with Crippen LogP contribution in [0.3, 0.4) is 0 Å². The SMILES string of the molecule is Nc1cnc(NCc2ccncn2)c(Cl)c1. The van der Waals surface area contributed by atoms with E-state index in [9.17, 15) is 0 Å². The Bertz CT molecular complexity index is 474. The predicted molar refractivity (Wildman–Crippen MR) is 63.0 cm³/mol. The first-order chi connectivity index (χ1) is 7.75. The van der Waals surface area contributed by atoms with Gasteiger partial charge in [-0.15, -0.1) is 0 Å². The summed E-state index contributed by atoms with van der Waals surface area (Å²) >= 11 is 5.96. The lowest BCUT2D eigenvalue weighted by Crippen LogP contribution is -2.04. The van der Waals surface area contributed by atoms with Crippen LogP contribution in [0.1, 0.15) is 5.69 Å². The Hall–Kier alpha value is -1.88. The summed E-state index contributed by atoms with van der Waals surface area (Å²) in [5.41, 5.74) is 6.94. The van der Waals surface area contributed by atoms with E-state index in [1.54, 1.807) is 18.5 Å². The van der Waals surface area contributed by atoms with Crippen LogP contribution in [0.2, 0.25) is 5.02 Å². The van der Waals surface area contributed by atoms with E-state index >= 15 is 0 Å². The molecule has 2 rings (SSSR count). The van der Waals surface area contributed by atoms with Crippen molar-refractivity contribution in [1.29, 1.82) is 0 Å². The van der Waals surface area contributed by atoms with Crippen LogP contribution in [-0.2, 0) is 6.54 Å². The molecule has 6 heteroatoms. The summed E-state index contributed by atoms with van der Waals surface area (Å²) < 4.78 is 0. The van der Waals surface area contributed by atoms with Gasteiger partial charge in [-0.3, -0.25) is 0 Å². The molecule has 0 atom stereocenters. The number of rotatable bonds is 3. The quantitative estimate of drug-likeness (QED) is 0.847. The number of hydrogen-bond acceptors (Lipinski definition) is 5. The van der Waals surface area contributed by atoms with Crippen LogP contribution in [0.5, 0.6) is 0 Å². The van der Waals surface area contributed by atoms with E-state index in [0.29, 0.717) is 23.1 Å². The van der Waals surface area contributed by atoms with Crippen LogP contribution in [0, 0.1) is 0 Å². The molecule has 0 bridgehead atoms. The van der Waals surface area contributed by atoms with Crippen molar-refractivity contribution in [3.05, 3.63) is 41.6 Å². The fourth-order valence-electron chi connectivity index (χ4n) is 1.18. The molecule has 0 unspecified atom stereocenters. The number of halogens is 1. The van der Waals surface area contributed by atoms with E-state index in [-0.39, 0.29) is 0 Å². The van der Waals surface area contributed by atoms with E-state index in [1.165, 1.54) is 6.33 Å². The molecule has 2 heterocycles. The molecule has 3 N–H and O–H groups in total. The molecule has 5 nitrogen and oxygen atoms in total. The topological polar surface area (TPSA) is 76.7 Å². The first kappa shape index (κ1) is 10.6. The van der Waals surface area contributed by atoms with Crippen molar-refractivity contribution < 1.29 is 0 Å². The molecule has 0 fully saturated rings. The van der Waals surface area contributed by atoms with Crippen LogP contribution in [0.15, 0.2) is 30.9 Å². The Balaban J connectivity index is 2.05. The molecule has 0 aliphatic carbocycles. The molecule has 0 spiro atoms. The molecule has 0 saturated carbocycles. The largest absolute Gasteiger partial charge is 0.397 e. The number of pyridine rings is 1. The van der Waals surface area contributed by atoms with Gasteiger partial charge in [0.25, 0.3) is 0 Å². The van der Waals surface area contributed by atoms with E-state index in [1.807, 2.05) is 6.07 Å². The van der Waals surface area contributed by atoms with Gasteiger partial charge in [-0.1, -0.05) is 11.6 Å². The Morgan fingerprint density at radius 3 is 2.94 bits per heavy atom. The van der Waals surface area contributed by atoms with Crippen LogP contribution in [0.25, 0.3) is 0 Å². The monoisotopic (exact) mass is 235 g/mol. The molecule has 2 aromatic rings. The zero-order valence-electron chi connectivity index (χ0n) is 8.39. The minimum absolute atomic E-state index is 0.494. The number of hydrogen-bond donors (Lipinski definition) is 2. The van der Waals surface area contributed by atoms with Crippen molar-refractivity contribution in [3.63, 3.8) is 0 Å². The lowest BCUT2D eigenvalue weighted by molar-refractivity contribution is 0.997. The molecule has 0 aliphatic heterocycles. The third-order valence-electron chi connectivity index (χ3n) is 1.94. The number of nitrogen functional groups attached to an aromatic ring is 1. The van der Waals surface area contributed by atoms with Crippen molar-refractivity contribution in [2.45, 2.75) is 6.54 Å². The Labute approximate surface area is 97.7 Å². The third kappa shape index (κ3) is 2.58. The van der Waals surface area contributed by atoms with Gasteiger partial charge < -0.3 is 11.1 Å². The van der Waals surface area contributed by atoms with Crippen molar-refractivity contribution in [3.8, 4) is 0 Å². The molecular weight excluding hydrogens is 226 g/mol. The van der Waals surface area contributed by atoms with Crippen LogP contribution in [-0.4, -0.2) is 15.0 Å². The Kier molecular flexibility index (Phi) is 3.16. The van der Waals surface area contributed by atoms with Crippen LogP contribution in [0.4, 0.5) is 11.5 Å². The number of aromatic nitrogens is 3. The summed E-state index contributed by atoms with van der Waals surface area (Å²) in [4.78, 5) is 12.0. The second kappa shape index (κ2) is 4.76. The lowest BCUT2D eigenvalue weighted by Gasteiger charge is -2.06. The summed E-state index contributed by atoms with van der Waals surface area (Å²) in [7, 11) is 0. The summed E-state index contributed by atoms with van der Waals surface area (Å²) in [6, 6.07) is 3.47.